The van der Waals surface area contributed by atoms with Gasteiger partial charge in [-0.1, -0.05) is 12.1 Å². The molecule has 0 aliphatic carbocycles. The summed E-state index contributed by atoms with van der Waals surface area (Å²) in [6, 6.07) is 10.8. The highest BCUT2D eigenvalue weighted by molar-refractivity contribution is 7.92. The third-order valence-corrected chi connectivity index (χ3v) is 4.76. The number of anilines is 2. The van der Waals surface area contributed by atoms with Crippen LogP contribution in [0.1, 0.15) is 5.56 Å². The summed E-state index contributed by atoms with van der Waals surface area (Å²) in [6.07, 6.45) is 1.36. The van der Waals surface area contributed by atoms with Gasteiger partial charge >= 0.3 is 0 Å². The molecule has 8 nitrogen and oxygen atoms in total. The number of aromatic nitrogens is 3. The Balaban J connectivity index is 1.63. The number of hydrogen-bond donors (Lipinski definition) is 3. The molecule has 0 atom stereocenters. The lowest BCUT2D eigenvalue weighted by Gasteiger charge is -2.09. The lowest BCUT2D eigenvalue weighted by molar-refractivity contribution is -0.115. The Hall–Kier alpha value is -3.27. The summed E-state index contributed by atoms with van der Waals surface area (Å²) in [7, 11) is -3.82. The van der Waals surface area contributed by atoms with Crippen molar-refractivity contribution in [2.45, 2.75) is 11.3 Å². The van der Waals surface area contributed by atoms with Crippen molar-refractivity contribution in [2.75, 3.05) is 10.0 Å². The molecule has 0 saturated heterocycles. The number of hydrogen-bond acceptors (Lipinski definition) is 5. The monoisotopic (exact) mass is 375 g/mol. The molecule has 3 N–H and O–H groups in total. The van der Waals surface area contributed by atoms with Gasteiger partial charge in [-0.2, -0.15) is 10.1 Å². The van der Waals surface area contributed by atoms with Crippen LogP contribution in [0.15, 0.2) is 59.8 Å². The van der Waals surface area contributed by atoms with Crippen molar-refractivity contribution in [1.29, 1.82) is 0 Å². The van der Waals surface area contributed by atoms with Crippen LogP contribution in [0.2, 0.25) is 0 Å². The van der Waals surface area contributed by atoms with E-state index in [0.717, 1.165) is 12.1 Å². The van der Waals surface area contributed by atoms with Crippen LogP contribution >= 0.6 is 0 Å². The summed E-state index contributed by atoms with van der Waals surface area (Å²) in [4.78, 5) is 15.6. The van der Waals surface area contributed by atoms with Crippen molar-refractivity contribution in [2.24, 2.45) is 0 Å². The maximum Gasteiger partial charge on any atom is 0.261 e. The minimum absolute atomic E-state index is 0.0468. The second kappa shape index (κ2) is 7.31. The average molecular weight is 375 g/mol. The molecule has 0 spiro atoms. The summed E-state index contributed by atoms with van der Waals surface area (Å²) in [6.45, 7) is 0. The minimum Gasteiger partial charge on any atom is -0.295 e. The molecule has 0 unspecified atom stereocenters. The normalized spacial score (nSPS) is 11.1. The van der Waals surface area contributed by atoms with Crippen LogP contribution in [0.5, 0.6) is 0 Å². The van der Waals surface area contributed by atoms with Crippen LogP contribution in [0.4, 0.5) is 16.0 Å². The number of amides is 1. The van der Waals surface area contributed by atoms with Crippen molar-refractivity contribution in [3.63, 3.8) is 0 Å². The zero-order valence-corrected chi connectivity index (χ0v) is 14.1. The SMILES string of the molecule is O=C(Cc1ccc(NS(=O)(=O)c2ccc(F)cc2)cc1)Nc1ncn[nH]1. The summed E-state index contributed by atoms with van der Waals surface area (Å²) in [5.41, 5.74) is 1.01. The zero-order chi connectivity index (χ0) is 18.6. The Morgan fingerprint density at radius 3 is 2.38 bits per heavy atom. The van der Waals surface area contributed by atoms with Gasteiger partial charge in [0.25, 0.3) is 10.0 Å². The fourth-order valence-corrected chi connectivity index (χ4v) is 3.20. The molecule has 0 aliphatic heterocycles. The molecule has 26 heavy (non-hydrogen) atoms. The van der Waals surface area contributed by atoms with E-state index in [1.165, 1.54) is 30.6 Å². The lowest BCUT2D eigenvalue weighted by atomic mass is 10.1. The molecular formula is C16H14FN5O3S. The minimum atomic E-state index is -3.82. The van der Waals surface area contributed by atoms with Gasteiger partial charge in [-0.05, 0) is 42.0 Å². The maximum atomic E-state index is 12.9. The number of carbonyl (C=O) groups is 1. The van der Waals surface area contributed by atoms with Crippen molar-refractivity contribution < 1.29 is 17.6 Å². The van der Waals surface area contributed by atoms with Crippen LogP contribution in [0.3, 0.4) is 0 Å². The van der Waals surface area contributed by atoms with Crippen molar-refractivity contribution in [1.82, 2.24) is 15.2 Å². The lowest BCUT2D eigenvalue weighted by Crippen LogP contribution is -2.15. The van der Waals surface area contributed by atoms with E-state index < -0.39 is 15.8 Å². The highest BCUT2D eigenvalue weighted by atomic mass is 32.2. The predicted molar refractivity (Wildman–Crippen MR) is 92.4 cm³/mol. The topological polar surface area (TPSA) is 117 Å². The van der Waals surface area contributed by atoms with Gasteiger partial charge in [0.05, 0.1) is 11.3 Å². The van der Waals surface area contributed by atoms with Gasteiger partial charge in [-0.25, -0.2) is 17.9 Å². The standard InChI is InChI=1S/C16H14FN5O3S/c17-12-3-7-14(8-4-12)26(24,25)22-13-5-1-11(2-6-13)9-15(23)20-16-18-10-19-21-16/h1-8,10,22H,9H2,(H2,18,19,20,21,23). The van der Waals surface area contributed by atoms with Crippen LogP contribution in [0, 0.1) is 5.82 Å². The maximum absolute atomic E-state index is 12.9. The van der Waals surface area contributed by atoms with E-state index in [9.17, 15) is 17.6 Å². The van der Waals surface area contributed by atoms with E-state index in [2.05, 4.69) is 25.2 Å². The van der Waals surface area contributed by atoms with E-state index >= 15 is 0 Å². The molecule has 0 saturated carbocycles. The second-order valence-corrected chi connectivity index (χ2v) is 7.00. The molecule has 3 aromatic rings. The average Bonchev–Trinajstić information content (AvgIpc) is 3.09. The third-order valence-electron chi connectivity index (χ3n) is 3.37. The summed E-state index contributed by atoms with van der Waals surface area (Å²) in [5.74, 6) is -0.558. The van der Waals surface area contributed by atoms with Gasteiger partial charge in [-0.3, -0.25) is 14.8 Å². The quantitative estimate of drug-likeness (QED) is 0.609. The molecule has 10 heteroatoms. The van der Waals surface area contributed by atoms with Gasteiger partial charge in [0.2, 0.25) is 11.9 Å². The predicted octanol–water partition coefficient (Wildman–Crippen LogP) is 1.93. The van der Waals surface area contributed by atoms with Gasteiger partial charge in [0, 0.05) is 5.69 Å². The first-order valence-corrected chi connectivity index (χ1v) is 8.93. The molecule has 1 amide bonds. The smallest absolute Gasteiger partial charge is 0.261 e. The molecule has 3 rings (SSSR count). The number of aromatic amines is 1. The number of H-pyrrole nitrogens is 1. The molecule has 134 valence electrons. The van der Waals surface area contributed by atoms with Crippen LogP contribution in [0.25, 0.3) is 0 Å². The number of sulfonamides is 1. The zero-order valence-electron chi connectivity index (χ0n) is 13.3. The summed E-state index contributed by atoms with van der Waals surface area (Å²) < 4.78 is 39.8. The highest BCUT2D eigenvalue weighted by Gasteiger charge is 2.14. The molecule has 1 aromatic heterocycles. The van der Waals surface area contributed by atoms with E-state index in [-0.39, 0.29) is 23.2 Å². The Labute approximate surface area is 148 Å². The number of nitrogens with one attached hydrogen (secondary N) is 3. The number of nitrogens with zero attached hydrogens (tertiary/aromatic N) is 2. The third kappa shape index (κ3) is 4.42. The Morgan fingerprint density at radius 1 is 1.08 bits per heavy atom. The van der Waals surface area contributed by atoms with Gasteiger partial charge in [0.15, 0.2) is 0 Å². The molecule has 0 radical (unpaired) electrons. The first-order valence-electron chi connectivity index (χ1n) is 7.45. The number of halogens is 1. The first kappa shape index (κ1) is 17.5. The van der Waals surface area contributed by atoms with Crippen LogP contribution in [-0.4, -0.2) is 29.5 Å². The number of rotatable bonds is 6. The molecular weight excluding hydrogens is 361 g/mol. The van der Waals surface area contributed by atoms with E-state index in [1.807, 2.05) is 0 Å². The Morgan fingerprint density at radius 2 is 1.77 bits per heavy atom. The number of carbonyl (C=O) groups excluding carboxylic acids is 1. The van der Waals surface area contributed by atoms with Crippen molar-refractivity contribution in [3.8, 4) is 0 Å². The molecule has 0 aliphatic rings. The van der Waals surface area contributed by atoms with Crippen molar-refractivity contribution in [3.05, 3.63) is 66.2 Å². The summed E-state index contributed by atoms with van der Waals surface area (Å²) in [5, 5.41) is 8.67. The van der Waals surface area contributed by atoms with Gasteiger partial charge < -0.3 is 0 Å². The van der Waals surface area contributed by atoms with Gasteiger partial charge in [-0.15, -0.1) is 0 Å². The van der Waals surface area contributed by atoms with Crippen LogP contribution in [-0.2, 0) is 21.2 Å². The van der Waals surface area contributed by atoms with E-state index in [1.54, 1.807) is 12.1 Å². The largest absolute Gasteiger partial charge is 0.295 e. The summed E-state index contributed by atoms with van der Waals surface area (Å²) >= 11 is 0. The Bertz CT molecular complexity index is 987. The number of benzene rings is 2. The van der Waals surface area contributed by atoms with E-state index in [0.29, 0.717) is 11.3 Å². The second-order valence-electron chi connectivity index (χ2n) is 5.32. The fourth-order valence-electron chi connectivity index (χ4n) is 2.15. The van der Waals surface area contributed by atoms with E-state index in [4.69, 9.17) is 0 Å². The van der Waals surface area contributed by atoms with Crippen molar-refractivity contribution >= 4 is 27.6 Å². The van der Waals surface area contributed by atoms with Gasteiger partial charge in [0.1, 0.15) is 12.1 Å². The van der Waals surface area contributed by atoms with Crippen LogP contribution < -0.4 is 10.0 Å². The Kier molecular flexibility index (Phi) is 4.94. The highest BCUT2D eigenvalue weighted by Crippen LogP contribution is 2.17. The molecule has 0 fully saturated rings. The molecule has 1 heterocycles. The fraction of sp³-hybridized carbons (Fsp3) is 0.0625. The molecule has 0 bridgehead atoms. The first-order chi connectivity index (χ1) is 12.4. The molecule has 2 aromatic carbocycles.